The lowest BCUT2D eigenvalue weighted by Gasteiger charge is -2.17. The number of carbonyl (C=O) groups excluding carboxylic acids is 1. The van der Waals surface area contributed by atoms with Crippen LogP contribution in [0.3, 0.4) is 0 Å². The van der Waals surface area contributed by atoms with E-state index in [2.05, 4.69) is 15.2 Å². The van der Waals surface area contributed by atoms with Gasteiger partial charge in [-0.05, 0) is 46.6 Å². The van der Waals surface area contributed by atoms with Crippen molar-refractivity contribution in [1.29, 1.82) is 0 Å². The van der Waals surface area contributed by atoms with Gasteiger partial charge in [-0.2, -0.15) is 5.10 Å². The first-order chi connectivity index (χ1) is 11.8. The molecule has 0 N–H and O–H groups in total. The lowest BCUT2D eigenvalue weighted by molar-refractivity contribution is -0.118. The summed E-state index contributed by atoms with van der Waals surface area (Å²) in [5.74, 6) is 0.667. The Bertz CT molecular complexity index is 935. The number of rotatable bonds is 4. The fourth-order valence-electron chi connectivity index (χ4n) is 3.28. The average Bonchev–Trinajstić information content (AvgIpc) is 3.08. The van der Waals surface area contributed by atoms with Crippen LogP contribution in [0.2, 0.25) is 0 Å². The highest BCUT2D eigenvalue weighted by atomic mass is 16.5. The summed E-state index contributed by atoms with van der Waals surface area (Å²) in [6.07, 6.45) is 1.00. The molecule has 7 heteroatoms. The van der Waals surface area contributed by atoms with E-state index in [1.807, 2.05) is 45.2 Å². The first kappa shape index (κ1) is 17.1. The van der Waals surface area contributed by atoms with Crippen LogP contribution in [-0.2, 0) is 11.2 Å². The first-order valence-corrected chi connectivity index (χ1v) is 8.31. The van der Waals surface area contributed by atoms with Gasteiger partial charge in [-0.15, -0.1) is 0 Å². The smallest absolute Gasteiger partial charge is 0.227 e. The van der Waals surface area contributed by atoms with Crippen molar-refractivity contribution in [2.45, 2.75) is 47.5 Å². The molecule has 0 unspecified atom stereocenters. The number of hydrogen-bond acceptors (Lipinski definition) is 5. The van der Waals surface area contributed by atoms with E-state index in [1.54, 1.807) is 11.9 Å². The van der Waals surface area contributed by atoms with Crippen molar-refractivity contribution in [3.8, 4) is 0 Å². The molecule has 1 amide bonds. The van der Waals surface area contributed by atoms with Gasteiger partial charge in [0.1, 0.15) is 11.4 Å². The van der Waals surface area contributed by atoms with Crippen LogP contribution in [-0.4, -0.2) is 32.7 Å². The quantitative estimate of drug-likeness (QED) is 0.729. The van der Waals surface area contributed by atoms with Crippen molar-refractivity contribution >= 4 is 17.2 Å². The van der Waals surface area contributed by atoms with Crippen LogP contribution in [0.25, 0.3) is 5.65 Å². The largest absolute Gasteiger partial charge is 0.359 e. The normalized spacial score (nSPS) is 11.3. The van der Waals surface area contributed by atoms with Crippen molar-refractivity contribution in [2.75, 3.05) is 11.9 Å². The third kappa shape index (κ3) is 3.01. The van der Waals surface area contributed by atoms with E-state index >= 15 is 0 Å². The van der Waals surface area contributed by atoms with Gasteiger partial charge in [-0.25, -0.2) is 9.50 Å². The highest BCUT2D eigenvalue weighted by Gasteiger charge is 2.20. The number of nitrogens with zero attached hydrogens (tertiary/aromatic N) is 5. The molecule has 7 nitrogen and oxygen atoms in total. The molecule has 0 aliphatic heterocycles. The molecule has 25 heavy (non-hydrogen) atoms. The number of amides is 1. The van der Waals surface area contributed by atoms with Gasteiger partial charge in [-0.3, -0.25) is 4.79 Å². The van der Waals surface area contributed by atoms with E-state index in [4.69, 9.17) is 4.52 Å². The number of anilines is 1. The minimum atomic E-state index is 0.0185. The van der Waals surface area contributed by atoms with E-state index in [0.29, 0.717) is 18.6 Å². The van der Waals surface area contributed by atoms with Crippen LogP contribution in [0, 0.1) is 34.6 Å². The van der Waals surface area contributed by atoms with Crippen molar-refractivity contribution in [2.24, 2.45) is 0 Å². The summed E-state index contributed by atoms with van der Waals surface area (Å²) >= 11 is 0. The molecule has 3 rings (SSSR count). The van der Waals surface area contributed by atoms with E-state index in [9.17, 15) is 4.79 Å². The Morgan fingerprint density at radius 1 is 1.20 bits per heavy atom. The molecule has 0 saturated carbocycles. The first-order valence-electron chi connectivity index (χ1n) is 8.31. The second-order valence-corrected chi connectivity index (χ2v) is 6.44. The summed E-state index contributed by atoms with van der Waals surface area (Å²) < 4.78 is 7.00. The molecule has 0 radical (unpaired) electrons. The summed E-state index contributed by atoms with van der Waals surface area (Å²) in [6.45, 7) is 9.59. The maximum atomic E-state index is 12.6. The molecule has 0 aliphatic rings. The summed E-state index contributed by atoms with van der Waals surface area (Å²) in [5.41, 5.74) is 6.28. The molecular formula is C18H23N5O2. The molecule has 3 heterocycles. The van der Waals surface area contributed by atoms with Crippen molar-refractivity contribution in [1.82, 2.24) is 19.8 Å². The molecule has 3 aromatic heterocycles. The Morgan fingerprint density at radius 2 is 1.92 bits per heavy atom. The lowest BCUT2D eigenvalue weighted by Crippen LogP contribution is -2.27. The molecule has 0 bridgehead atoms. The Kier molecular flexibility index (Phi) is 4.32. The SMILES string of the molecule is Cc1cc2nc(C)c(CCC(=O)N(C)c3c(C)noc3C)c(C)n2n1. The zero-order valence-electron chi connectivity index (χ0n) is 15.5. The van der Waals surface area contributed by atoms with E-state index < -0.39 is 0 Å². The van der Waals surface area contributed by atoms with E-state index in [1.165, 1.54) is 0 Å². The third-order valence-corrected chi connectivity index (χ3v) is 4.58. The summed E-state index contributed by atoms with van der Waals surface area (Å²) in [6, 6.07) is 1.96. The lowest BCUT2D eigenvalue weighted by atomic mass is 10.1. The highest BCUT2D eigenvalue weighted by molar-refractivity contribution is 5.93. The van der Waals surface area contributed by atoms with Gasteiger partial charge in [-0.1, -0.05) is 5.16 Å². The van der Waals surface area contributed by atoms with Gasteiger partial charge in [0.05, 0.1) is 5.69 Å². The van der Waals surface area contributed by atoms with Gasteiger partial charge in [0, 0.05) is 30.9 Å². The fraction of sp³-hybridized carbons (Fsp3) is 0.444. The van der Waals surface area contributed by atoms with Crippen LogP contribution < -0.4 is 4.90 Å². The molecule has 0 aromatic carbocycles. The van der Waals surface area contributed by atoms with Gasteiger partial charge in [0.15, 0.2) is 11.4 Å². The second-order valence-electron chi connectivity index (χ2n) is 6.44. The predicted octanol–water partition coefficient (Wildman–Crippen LogP) is 2.86. The van der Waals surface area contributed by atoms with Crippen molar-refractivity contribution < 1.29 is 9.32 Å². The van der Waals surface area contributed by atoms with Gasteiger partial charge in [0.25, 0.3) is 0 Å². The zero-order chi connectivity index (χ0) is 18.3. The van der Waals surface area contributed by atoms with Crippen molar-refractivity contribution in [3.05, 3.63) is 40.2 Å². The summed E-state index contributed by atoms with van der Waals surface area (Å²) in [5, 5.41) is 8.39. The van der Waals surface area contributed by atoms with Gasteiger partial charge in [0.2, 0.25) is 5.91 Å². The molecular weight excluding hydrogens is 318 g/mol. The maximum Gasteiger partial charge on any atom is 0.227 e. The van der Waals surface area contributed by atoms with E-state index in [-0.39, 0.29) is 5.91 Å². The predicted molar refractivity (Wildman–Crippen MR) is 94.9 cm³/mol. The number of carbonyl (C=O) groups is 1. The Hall–Kier alpha value is -2.70. The summed E-state index contributed by atoms with van der Waals surface area (Å²) in [7, 11) is 1.76. The molecule has 3 aromatic rings. The average molecular weight is 341 g/mol. The van der Waals surface area contributed by atoms with Crippen LogP contribution in [0.4, 0.5) is 5.69 Å². The monoisotopic (exact) mass is 341 g/mol. The fourth-order valence-corrected chi connectivity index (χ4v) is 3.28. The standard InChI is InChI=1S/C18H23N5O2/c1-10-9-16-19-11(2)15(13(4)23(16)20-10)7-8-17(24)22(6)18-12(3)21-25-14(18)5/h9H,7-8H2,1-6H3. The minimum Gasteiger partial charge on any atom is -0.359 e. The highest BCUT2D eigenvalue weighted by Crippen LogP contribution is 2.24. The van der Waals surface area contributed by atoms with E-state index in [0.717, 1.165) is 39.7 Å². The molecule has 0 spiro atoms. The molecule has 0 atom stereocenters. The van der Waals surface area contributed by atoms with Crippen molar-refractivity contribution in [3.63, 3.8) is 0 Å². The molecule has 0 aliphatic carbocycles. The molecule has 132 valence electrons. The number of aromatic nitrogens is 4. The third-order valence-electron chi connectivity index (χ3n) is 4.58. The number of fused-ring (bicyclic) bond motifs is 1. The van der Waals surface area contributed by atoms with Crippen LogP contribution in [0.15, 0.2) is 10.6 Å². The molecule has 0 fully saturated rings. The van der Waals surface area contributed by atoms with Crippen LogP contribution in [0.1, 0.15) is 40.5 Å². The Morgan fingerprint density at radius 3 is 2.56 bits per heavy atom. The van der Waals surface area contributed by atoms with Gasteiger partial charge >= 0.3 is 0 Å². The zero-order valence-corrected chi connectivity index (χ0v) is 15.5. The number of aryl methyl sites for hydroxylation is 5. The Labute approximate surface area is 146 Å². The number of hydrogen-bond donors (Lipinski definition) is 0. The van der Waals surface area contributed by atoms with Gasteiger partial charge < -0.3 is 9.42 Å². The summed E-state index contributed by atoms with van der Waals surface area (Å²) in [4.78, 5) is 18.9. The topological polar surface area (TPSA) is 76.5 Å². The van der Waals surface area contributed by atoms with Crippen LogP contribution in [0.5, 0.6) is 0 Å². The minimum absolute atomic E-state index is 0.0185. The van der Waals surface area contributed by atoms with Crippen LogP contribution >= 0.6 is 0 Å². The Balaban J connectivity index is 1.81. The molecule has 0 saturated heterocycles. The maximum absolute atomic E-state index is 12.6. The second kappa shape index (κ2) is 6.31.